The molecule has 1 unspecified atom stereocenters. The SMILES string of the molecule is Cc1c(C2=C(Cl)CC(C(N)=O)c3[nH]c4c(c32)CC[C@H](C(C)(C)O)C4)cccc1-n1c(=O)c2cccc(F)c2n(C)c1=O. The van der Waals surface area contributed by atoms with Crippen molar-refractivity contribution in [3.05, 3.63) is 102 Å². The summed E-state index contributed by atoms with van der Waals surface area (Å²) < 4.78 is 16.8. The van der Waals surface area contributed by atoms with Gasteiger partial charge < -0.3 is 15.8 Å². The number of nitrogens with one attached hydrogen (secondary N) is 1. The van der Waals surface area contributed by atoms with E-state index in [4.69, 9.17) is 17.3 Å². The van der Waals surface area contributed by atoms with E-state index in [-0.39, 0.29) is 23.2 Å². The molecular weight excluding hydrogens is 559 g/mol. The van der Waals surface area contributed by atoms with Gasteiger partial charge in [0.25, 0.3) is 5.56 Å². The predicted molar refractivity (Wildman–Crippen MR) is 161 cm³/mol. The van der Waals surface area contributed by atoms with Gasteiger partial charge in [0, 0.05) is 41.0 Å². The van der Waals surface area contributed by atoms with Crippen LogP contribution in [0.3, 0.4) is 0 Å². The third kappa shape index (κ3) is 4.17. The second kappa shape index (κ2) is 9.81. The molecule has 0 spiro atoms. The average Bonchev–Trinajstić information content (AvgIpc) is 3.30. The van der Waals surface area contributed by atoms with Gasteiger partial charge in [-0.25, -0.2) is 13.8 Å². The normalized spacial score (nSPS) is 18.7. The monoisotopic (exact) mass is 590 g/mol. The van der Waals surface area contributed by atoms with Crippen LogP contribution in [0.5, 0.6) is 0 Å². The molecule has 10 heteroatoms. The third-order valence-corrected chi connectivity index (χ3v) is 9.40. The molecule has 4 N–H and O–H groups in total. The lowest BCUT2D eigenvalue weighted by Gasteiger charge is -2.33. The van der Waals surface area contributed by atoms with Gasteiger partial charge in [0.1, 0.15) is 5.82 Å². The Morgan fingerprint density at radius 1 is 1.17 bits per heavy atom. The molecular formula is C32H32ClFN4O4. The zero-order valence-corrected chi connectivity index (χ0v) is 24.6. The number of H-pyrrole nitrogens is 1. The number of aromatic nitrogens is 3. The van der Waals surface area contributed by atoms with Crippen molar-refractivity contribution in [3.8, 4) is 5.69 Å². The standard InChI is InChI=1S/C32H32ClFN4O4/c1-15-17(7-6-10-24(15)38-30(40)19-8-5-9-22(34)28(19)37(4)31(38)41)25-21(33)14-20(29(35)39)27-26(25)18-12-11-16(32(2,3)42)13-23(18)36-27/h5-10,16,20,36,42H,11-14H2,1-4H3,(H2,35,39)/t16-,20?/m0/s1. The van der Waals surface area contributed by atoms with E-state index in [0.717, 1.165) is 37.9 Å². The summed E-state index contributed by atoms with van der Waals surface area (Å²) in [4.78, 5) is 43.1. The largest absolute Gasteiger partial charge is 0.390 e. The predicted octanol–water partition coefficient (Wildman–Crippen LogP) is 4.31. The molecule has 8 nitrogen and oxygen atoms in total. The summed E-state index contributed by atoms with van der Waals surface area (Å²) in [7, 11) is 1.44. The summed E-state index contributed by atoms with van der Waals surface area (Å²) >= 11 is 6.98. The Bertz CT molecular complexity index is 1960. The fraction of sp³-hybridized carbons (Fsp3) is 0.344. The van der Waals surface area contributed by atoms with E-state index in [1.165, 1.54) is 25.2 Å². The van der Waals surface area contributed by atoms with Gasteiger partial charge >= 0.3 is 5.69 Å². The maximum atomic E-state index is 14.6. The summed E-state index contributed by atoms with van der Waals surface area (Å²) in [6.07, 6.45) is 2.24. The lowest BCUT2D eigenvalue weighted by molar-refractivity contribution is -0.119. The van der Waals surface area contributed by atoms with Crippen molar-refractivity contribution in [1.82, 2.24) is 14.1 Å². The van der Waals surface area contributed by atoms with Crippen LogP contribution in [0, 0.1) is 18.7 Å². The van der Waals surface area contributed by atoms with Crippen molar-refractivity contribution in [1.29, 1.82) is 0 Å². The molecule has 42 heavy (non-hydrogen) atoms. The topological polar surface area (TPSA) is 123 Å². The van der Waals surface area contributed by atoms with Gasteiger partial charge in [0.05, 0.1) is 28.1 Å². The maximum Gasteiger partial charge on any atom is 0.335 e. The average molecular weight is 591 g/mol. The molecule has 2 heterocycles. The number of para-hydroxylation sites is 1. The van der Waals surface area contributed by atoms with E-state index in [9.17, 15) is 23.9 Å². The second-order valence-electron chi connectivity index (χ2n) is 12.0. The van der Waals surface area contributed by atoms with Crippen LogP contribution < -0.4 is 17.0 Å². The highest BCUT2D eigenvalue weighted by molar-refractivity contribution is 6.34. The Morgan fingerprint density at radius 3 is 2.57 bits per heavy atom. The van der Waals surface area contributed by atoms with Gasteiger partial charge in [-0.3, -0.25) is 14.2 Å². The molecule has 0 fully saturated rings. The molecule has 2 aromatic heterocycles. The quantitative estimate of drug-likeness (QED) is 0.328. The number of nitrogens with zero attached hydrogens (tertiary/aromatic N) is 2. The first kappa shape index (κ1) is 28.2. The number of halogens is 2. The minimum absolute atomic E-state index is 0.0333. The van der Waals surface area contributed by atoms with Crippen LogP contribution in [0.15, 0.2) is 51.0 Å². The number of allylic oxidation sites excluding steroid dienone is 1. The Morgan fingerprint density at radius 2 is 1.88 bits per heavy atom. The molecule has 218 valence electrons. The van der Waals surface area contributed by atoms with Crippen molar-refractivity contribution >= 4 is 34.0 Å². The Hall–Kier alpha value is -3.95. The van der Waals surface area contributed by atoms with E-state index in [1.807, 2.05) is 26.8 Å². The summed E-state index contributed by atoms with van der Waals surface area (Å²) in [5, 5.41) is 11.3. The first-order chi connectivity index (χ1) is 19.8. The van der Waals surface area contributed by atoms with Gasteiger partial charge in [0.2, 0.25) is 5.91 Å². The number of aryl methyl sites for hydroxylation is 1. The molecule has 0 bridgehead atoms. The smallest absolute Gasteiger partial charge is 0.335 e. The number of carbonyl (C=O) groups excluding carboxylic acids is 1. The number of nitrogens with two attached hydrogens (primary N) is 1. The van der Waals surface area contributed by atoms with E-state index in [2.05, 4.69) is 4.98 Å². The summed E-state index contributed by atoms with van der Waals surface area (Å²) in [6, 6.07) is 9.46. The van der Waals surface area contributed by atoms with Crippen LogP contribution in [0.25, 0.3) is 22.2 Å². The number of amides is 1. The summed E-state index contributed by atoms with van der Waals surface area (Å²) in [5.74, 6) is -1.75. The van der Waals surface area contributed by atoms with Crippen molar-refractivity contribution in [2.24, 2.45) is 18.7 Å². The molecule has 0 saturated carbocycles. The fourth-order valence-electron chi connectivity index (χ4n) is 6.75. The van der Waals surface area contributed by atoms with Gasteiger partial charge in [-0.1, -0.05) is 29.8 Å². The molecule has 2 atom stereocenters. The fourth-order valence-corrected chi connectivity index (χ4v) is 7.10. The number of fused-ring (bicyclic) bond motifs is 4. The number of aromatic amines is 1. The van der Waals surface area contributed by atoms with Crippen LogP contribution in [0.4, 0.5) is 4.39 Å². The van der Waals surface area contributed by atoms with Gasteiger partial charge in [-0.05, 0) is 80.8 Å². The number of primary amides is 1. The minimum atomic E-state index is -0.865. The first-order valence-corrected chi connectivity index (χ1v) is 14.3. The van der Waals surface area contributed by atoms with Gasteiger partial charge in [-0.2, -0.15) is 0 Å². The van der Waals surface area contributed by atoms with Crippen LogP contribution >= 0.6 is 11.6 Å². The van der Waals surface area contributed by atoms with Crippen LogP contribution in [0.1, 0.15) is 66.2 Å². The van der Waals surface area contributed by atoms with Crippen molar-refractivity contribution in [3.63, 3.8) is 0 Å². The zero-order valence-electron chi connectivity index (χ0n) is 23.8. The zero-order chi connectivity index (χ0) is 30.2. The number of hydrogen-bond donors (Lipinski definition) is 3. The van der Waals surface area contributed by atoms with E-state index in [1.54, 1.807) is 12.1 Å². The Kier molecular flexibility index (Phi) is 6.58. The van der Waals surface area contributed by atoms with Crippen molar-refractivity contribution in [2.75, 3.05) is 0 Å². The van der Waals surface area contributed by atoms with Crippen LogP contribution in [-0.2, 0) is 24.7 Å². The number of rotatable bonds is 4. The highest BCUT2D eigenvalue weighted by Gasteiger charge is 2.39. The van der Waals surface area contributed by atoms with Gasteiger partial charge in [-0.15, -0.1) is 0 Å². The minimum Gasteiger partial charge on any atom is -0.390 e. The maximum absolute atomic E-state index is 14.6. The molecule has 4 aromatic rings. The van der Waals surface area contributed by atoms with Crippen LogP contribution in [0.2, 0.25) is 0 Å². The molecule has 0 radical (unpaired) electrons. The molecule has 1 amide bonds. The lowest BCUT2D eigenvalue weighted by Crippen LogP contribution is -2.38. The Balaban J connectivity index is 1.58. The summed E-state index contributed by atoms with van der Waals surface area (Å²) in [5.41, 5.74) is 9.53. The molecule has 2 aliphatic carbocycles. The molecule has 6 rings (SSSR count). The van der Waals surface area contributed by atoms with Gasteiger partial charge in [0.15, 0.2) is 0 Å². The van der Waals surface area contributed by atoms with E-state index < -0.39 is 34.5 Å². The number of aliphatic hydroxyl groups is 1. The molecule has 0 saturated heterocycles. The Labute approximate surface area is 246 Å². The van der Waals surface area contributed by atoms with E-state index >= 15 is 0 Å². The highest BCUT2D eigenvalue weighted by atomic mass is 35.5. The molecule has 0 aliphatic heterocycles. The number of carbonyl (C=O) groups is 1. The van der Waals surface area contributed by atoms with Crippen molar-refractivity contribution < 1.29 is 14.3 Å². The van der Waals surface area contributed by atoms with Crippen molar-refractivity contribution in [2.45, 2.75) is 58.0 Å². The number of benzene rings is 2. The molecule has 2 aromatic carbocycles. The molecule has 2 aliphatic rings. The first-order valence-electron chi connectivity index (χ1n) is 14.0. The second-order valence-corrected chi connectivity index (χ2v) is 12.4. The third-order valence-electron chi connectivity index (χ3n) is 9.06. The number of hydrogen-bond acceptors (Lipinski definition) is 4. The highest BCUT2D eigenvalue weighted by Crippen LogP contribution is 2.48. The van der Waals surface area contributed by atoms with E-state index in [0.29, 0.717) is 40.4 Å². The summed E-state index contributed by atoms with van der Waals surface area (Å²) in [6.45, 7) is 5.43. The van der Waals surface area contributed by atoms with Crippen LogP contribution in [-0.4, -0.2) is 30.7 Å². The lowest BCUT2D eigenvalue weighted by atomic mass is 9.75.